The first-order chi connectivity index (χ1) is 12.5. The lowest BCUT2D eigenvalue weighted by atomic mass is 10.0. The van der Waals surface area contributed by atoms with E-state index in [1.807, 2.05) is 24.3 Å². The molecule has 1 aromatic heterocycles. The van der Waals surface area contributed by atoms with Crippen LogP contribution in [0.1, 0.15) is 35.7 Å². The van der Waals surface area contributed by atoms with E-state index < -0.39 is 0 Å². The molecule has 0 aliphatic heterocycles. The molecule has 4 nitrogen and oxygen atoms in total. The number of pyridine rings is 1. The number of hydrogen-bond donors (Lipinski definition) is 2. The van der Waals surface area contributed by atoms with Gasteiger partial charge in [0.15, 0.2) is 0 Å². The maximum Gasteiger partial charge on any atom is 0.257 e. The number of aromatic nitrogens is 1. The minimum atomic E-state index is -0.260. The summed E-state index contributed by atoms with van der Waals surface area (Å²) >= 11 is 6.09. The summed E-state index contributed by atoms with van der Waals surface area (Å²) in [7, 11) is 0. The van der Waals surface area contributed by atoms with Gasteiger partial charge < -0.3 is 10.6 Å². The van der Waals surface area contributed by atoms with Crippen LogP contribution in [-0.4, -0.2) is 10.9 Å². The molecule has 0 aliphatic rings. The third-order valence-corrected chi connectivity index (χ3v) is 4.32. The summed E-state index contributed by atoms with van der Waals surface area (Å²) < 4.78 is 0. The van der Waals surface area contributed by atoms with Gasteiger partial charge in [-0.1, -0.05) is 49.7 Å². The van der Waals surface area contributed by atoms with Crippen LogP contribution in [0.3, 0.4) is 0 Å². The monoisotopic (exact) mass is 365 g/mol. The molecule has 132 valence electrons. The standard InChI is InChI=1S/C21H20ClN3O/c1-14(2)15-7-9-17(10-8-15)24-18-11-16(12-23-13-18)21(26)25-20-6-4-3-5-19(20)22/h3-14,24H,1-2H3,(H,25,26). The van der Waals surface area contributed by atoms with Crippen LogP contribution in [0, 0.1) is 0 Å². The van der Waals surface area contributed by atoms with Gasteiger partial charge in [-0.05, 0) is 41.8 Å². The molecule has 0 aliphatic carbocycles. The highest BCUT2D eigenvalue weighted by Gasteiger charge is 2.09. The van der Waals surface area contributed by atoms with Gasteiger partial charge in [0, 0.05) is 11.9 Å². The molecule has 0 atom stereocenters. The second kappa shape index (κ2) is 8.02. The summed E-state index contributed by atoms with van der Waals surface area (Å²) in [6, 6.07) is 17.1. The first-order valence-corrected chi connectivity index (χ1v) is 8.78. The van der Waals surface area contributed by atoms with Crippen molar-refractivity contribution >= 4 is 34.6 Å². The first kappa shape index (κ1) is 18.0. The number of benzene rings is 2. The van der Waals surface area contributed by atoms with Crippen molar-refractivity contribution in [3.05, 3.63) is 83.1 Å². The molecule has 2 aromatic carbocycles. The summed E-state index contributed by atoms with van der Waals surface area (Å²) in [5.41, 5.74) is 3.99. The third kappa shape index (κ3) is 4.41. The Kier molecular flexibility index (Phi) is 5.54. The lowest BCUT2D eigenvalue weighted by Gasteiger charge is -2.11. The molecule has 0 saturated carbocycles. The number of nitrogens with zero attached hydrogens (tertiary/aromatic N) is 1. The minimum absolute atomic E-state index is 0.260. The smallest absolute Gasteiger partial charge is 0.257 e. The molecule has 0 spiro atoms. The SMILES string of the molecule is CC(C)c1ccc(Nc2cncc(C(=O)Nc3ccccc3Cl)c2)cc1. The minimum Gasteiger partial charge on any atom is -0.354 e. The molecule has 1 heterocycles. The van der Waals surface area contributed by atoms with Crippen LogP contribution in [0.15, 0.2) is 67.0 Å². The van der Waals surface area contributed by atoms with Gasteiger partial charge in [0.2, 0.25) is 0 Å². The van der Waals surface area contributed by atoms with Crippen molar-refractivity contribution in [1.82, 2.24) is 4.98 Å². The highest BCUT2D eigenvalue weighted by atomic mass is 35.5. The molecule has 26 heavy (non-hydrogen) atoms. The van der Waals surface area contributed by atoms with E-state index in [9.17, 15) is 4.79 Å². The van der Waals surface area contributed by atoms with Crippen LogP contribution >= 0.6 is 11.6 Å². The number of halogens is 1. The number of carbonyl (C=O) groups is 1. The van der Waals surface area contributed by atoms with Crippen LogP contribution in [0.2, 0.25) is 5.02 Å². The van der Waals surface area contributed by atoms with E-state index in [0.717, 1.165) is 11.4 Å². The van der Waals surface area contributed by atoms with Gasteiger partial charge in [-0.2, -0.15) is 0 Å². The second-order valence-corrected chi connectivity index (χ2v) is 6.71. The van der Waals surface area contributed by atoms with Gasteiger partial charge in [-0.25, -0.2) is 0 Å². The van der Waals surface area contributed by atoms with Crippen LogP contribution in [-0.2, 0) is 0 Å². The number of anilines is 3. The van der Waals surface area contributed by atoms with Crippen molar-refractivity contribution in [2.45, 2.75) is 19.8 Å². The van der Waals surface area contributed by atoms with E-state index in [1.54, 1.807) is 24.4 Å². The number of nitrogens with one attached hydrogen (secondary N) is 2. The van der Waals surface area contributed by atoms with E-state index in [2.05, 4.69) is 41.6 Å². The van der Waals surface area contributed by atoms with E-state index in [1.165, 1.54) is 11.8 Å². The highest BCUT2D eigenvalue weighted by molar-refractivity contribution is 6.33. The predicted octanol–water partition coefficient (Wildman–Crippen LogP) is 5.85. The van der Waals surface area contributed by atoms with Crippen LogP contribution in [0.4, 0.5) is 17.1 Å². The fraction of sp³-hybridized carbons (Fsp3) is 0.143. The topological polar surface area (TPSA) is 54.0 Å². The summed E-state index contributed by atoms with van der Waals surface area (Å²) in [6.45, 7) is 4.32. The Morgan fingerprint density at radius 2 is 1.73 bits per heavy atom. The van der Waals surface area contributed by atoms with Crippen molar-refractivity contribution < 1.29 is 4.79 Å². The van der Waals surface area contributed by atoms with Gasteiger partial charge in [0.1, 0.15) is 0 Å². The number of para-hydroxylation sites is 1. The van der Waals surface area contributed by atoms with Gasteiger partial charge in [0.05, 0.1) is 28.2 Å². The predicted molar refractivity (Wildman–Crippen MR) is 107 cm³/mol. The average molecular weight is 366 g/mol. The fourth-order valence-corrected chi connectivity index (χ4v) is 2.69. The molecule has 3 rings (SSSR count). The first-order valence-electron chi connectivity index (χ1n) is 8.41. The molecule has 0 saturated heterocycles. The van der Waals surface area contributed by atoms with Gasteiger partial charge >= 0.3 is 0 Å². The largest absolute Gasteiger partial charge is 0.354 e. The van der Waals surface area contributed by atoms with E-state index in [4.69, 9.17) is 11.6 Å². The maximum absolute atomic E-state index is 12.5. The summed E-state index contributed by atoms with van der Waals surface area (Å²) in [4.78, 5) is 16.6. The van der Waals surface area contributed by atoms with Crippen molar-refractivity contribution in [3.63, 3.8) is 0 Å². The lowest BCUT2D eigenvalue weighted by Crippen LogP contribution is -2.12. The fourth-order valence-electron chi connectivity index (χ4n) is 2.51. The number of amides is 1. The zero-order valence-corrected chi connectivity index (χ0v) is 15.4. The van der Waals surface area contributed by atoms with Crippen molar-refractivity contribution in [3.8, 4) is 0 Å². The molecule has 0 fully saturated rings. The van der Waals surface area contributed by atoms with Gasteiger partial charge in [-0.3, -0.25) is 9.78 Å². The zero-order chi connectivity index (χ0) is 18.5. The summed E-state index contributed by atoms with van der Waals surface area (Å²) in [5.74, 6) is 0.229. The van der Waals surface area contributed by atoms with Crippen molar-refractivity contribution in [2.75, 3.05) is 10.6 Å². The molecule has 5 heteroatoms. The summed E-state index contributed by atoms with van der Waals surface area (Å²) in [6.07, 6.45) is 3.21. The Bertz CT molecular complexity index is 907. The van der Waals surface area contributed by atoms with E-state index in [-0.39, 0.29) is 5.91 Å². The van der Waals surface area contributed by atoms with Crippen LogP contribution in [0.25, 0.3) is 0 Å². The Hall–Kier alpha value is -2.85. The Balaban J connectivity index is 1.73. The van der Waals surface area contributed by atoms with Gasteiger partial charge in [0.25, 0.3) is 5.91 Å². The normalized spacial score (nSPS) is 10.6. The number of carbonyl (C=O) groups excluding carboxylic acids is 1. The van der Waals surface area contributed by atoms with E-state index >= 15 is 0 Å². The molecular weight excluding hydrogens is 346 g/mol. The van der Waals surface area contributed by atoms with Crippen LogP contribution in [0.5, 0.6) is 0 Å². The molecule has 3 aromatic rings. The lowest BCUT2D eigenvalue weighted by molar-refractivity contribution is 0.102. The molecule has 0 radical (unpaired) electrons. The highest BCUT2D eigenvalue weighted by Crippen LogP contribution is 2.23. The number of rotatable bonds is 5. The van der Waals surface area contributed by atoms with Crippen LogP contribution < -0.4 is 10.6 Å². The van der Waals surface area contributed by atoms with Crippen molar-refractivity contribution in [2.24, 2.45) is 0 Å². The Morgan fingerprint density at radius 1 is 1.00 bits per heavy atom. The maximum atomic E-state index is 12.5. The van der Waals surface area contributed by atoms with Gasteiger partial charge in [-0.15, -0.1) is 0 Å². The molecule has 0 bridgehead atoms. The van der Waals surface area contributed by atoms with E-state index in [0.29, 0.717) is 22.2 Å². The molecule has 0 unspecified atom stereocenters. The Morgan fingerprint density at radius 3 is 2.42 bits per heavy atom. The quantitative estimate of drug-likeness (QED) is 0.595. The second-order valence-electron chi connectivity index (χ2n) is 6.30. The number of hydrogen-bond acceptors (Lipinski definition) is 3. The molecule has 1 amide bonds. The zero-order valence-electron chi connectivity index (χ0n) is 14.7. The molecule has 2 N–H and O–H groups in total. The third-order valence-electron chi connectivity index (χ3n) is 3.99. The van der Waals surface area contributed by atoms with Crippen molar-refractivity contribution in [1.29, 1.82) is 0 Å². The molecular formula is C21H20ClN3O. The Labute approximate surface area is 158 Å². The average Bonchev–Trinajstić information content (AvgIpc) is 2.64. The summed E-state index contributed by atoms with van der Waals surface area (Å²) in [5, 5.41) is 6.56.